The average molecular weight is 177 g/mol. The predicted molar refractivity (Wildman–Crippen MR) is 44.5 cm³/mol. The summed E-state index contributed by atoms with van der Waals surface area (Å²) in [5.41, 5.74) is -0.0784. The van der Waals surface area contributed by atoms with Crippen LogP contribution < -0.4 is 0 Å². The van der Waals surface area contributed by atoms with Gasteiger partial charge in [-0.15, -0.1) is 0 Å². The van der Waals surface area contributed by atoms with Gasteiger partial charge in [-0.2, -0.15) is 5.26 Å². The number of nitriles is 1. The number of aromatic hydroxyl groups is 2. The van der Waals surface area contributed by atoms with Gasteiger partial charge in [0.05, 0.1) is 11.1 Å². The second kappa shape index (κ2) is 3.15. The van der Waals surface area contributed by atoms with Crippen molar-refractivity contribution in [3.8, 4) is 17.6 Å². The van der Waals surface area contributed by atoms with E-state index in [-0.39, 0.29) is 22.6 Å². The molecule has 0 heterocycles. The molecule has 0 radical (unpaired) electrons. The zero-order valence-corrected chi connectivity index (χ0v) is 6.90. The van der Waals surface area contributed by atoms with Crippen molar-refractivity contribution < 1.29 is 15.0 Å². The molecule has 0 aliphatic carbocycles. The summed E-state index contributed by atoms with van der Waals surface area (Å²) in [5.74, 6) is -1.02. The Kier molecular flexibility index (Phi) is 2.20. The Bertz CT molecular complexity index is 404. The molecule has 66 valence electrons. The number of phenolic OH excluding ortho intramolecular Hbond substituents is 2. The summed E-state index contributed by atoms with van der Waals surface area (Å²) >= 11 is 0. The molecular formula is C9H7NO3. The molecule has 1 rings (SSSR count). The van der Waals surface area contributed by atoms with E-state index >= 15 is 0 Å². The number of nitrogens with zero attached hydrogens (tertiary/aromatic N) is 1. The third-order valence-electron chi connectivity index (χ3n) is 1.57. The fourth-order valence-electron chi connectivity index (χ4n) is 1.07. The first kappa shape index (κ1) is 9.07. The number of hydrogen-bond donors (Lipinski definition) is 2. The van der Waals surface area contributed by atoms with Crippen molar-refractivity contribution in [2.75, 3.05) is 0 Å². The van der Waals surface area contributed by atoms with E-state index in [9.17, 15) is 9.90 Å². The van der Waals surface area contributed by atoms with Gasteiger partial charge in [0.1, 0.15) is 17.6 Å². The molecule has 0 aliphatic rings. The SMILES string of the molecule is CC(=O)c1c(O)cc(O)cc1C#N. The van der Waals surface area contributed by atoms with Crippen LogP contribution in [0.25, 0.3) is 0 Å². The Morgan fingerprint density at radius 1 is 1.46 bits per heavy atom. The highest BCUT2D eigenvalue weighted by molar-refractivity contribution is 5.99. The summed E-state index contributed by atoms with van der Waals surface area (Å²) < 4.78 is 0. The molecule has 13 heavy (non-hydrogen) atoms. The third-order valence-corrected chi connectivity index (χ3v) is 1.57. The summed E-state index contributed by atoms with van der Waals surface area (Å²) in [6.45, 7) is 1.24. The van der Waals surface area contributed by atoms with Gasteiger partial charge in [0.15, 0.2) is 5.78 Å². The lowest BCUT2D eigenvalue weighted by molar-refractivity contribution is 0.101. The van der Waals surface area contributed by atoms with Gasteiger partial charge in [-0.05, 0) is 13.0 Å². The number of rotatable bonds is 1. The molecule has 0 aliphatic heterocycles. The number of ketones is 1. The molecule has 0 fully saturated rings. The number of hydrogen-bond acceptors (Lipinski definition) is 4. The van der Waals surface area contributed by atoms with E-state index in [1.807, 2.05) is 0 Å². The lowest BCUT2D eigenvalue weighted by Gasteiger charge is -2.03. The van der Waals surface area contributed by atoms with Crippen molar-refractivity contribution in [1.29, 1.82) is 5.26 Å². The molecule has 0 amide bonds. The predicted octanol–water partition coefficient (Wildman–Crippen LogP) is 1.17. The van der Waals surface area contributed by atoms with Gasteiger partial charge >= 0.3 is 0 Å². The van der Waals surface area contributed by atoms with Crippen LogP contribution in [0, 0.1) is 11.3 Å². The van der Waals surface area contributed by atoms with E-state index in [1.54, 1.807) is 6.07 Å². The molecule has 1 aromatic carbocycles. The van der Waals surface area contributed by atoms with Gasteiger partial charge in [0.2, 0.25) is 0 Å². The topological polar surface area (TPSA) is 81.3 Å². The zero-order valence-electron chi connectivity index (χ0n) is 6.90. The van der Waals surface area contributed by atoms with Gasteiger partial charge in [-0.25, -0.2) is 0 Å². The average Bonchev–Trinajstić information content (AvgIpc) is 2.01. The summed E-state index contributed by atoms with van der Waals surface area (Å²) in [4.78, 5) is 11.0. The minimum Gasteiger partial charge on any atom is -0.508 e. The van der Waals surface area contributed by atoms with E-state index in [0.717, 1.165) is 12.1 Å². The minimum absolute atomic E-state index is 0.0231. The van der Waals surface area contributed by atoms with Gasteiger partial charge < -0.3 is 10.2 Å². The monoisotopic (exact) mass is 177 g/mol. The van der Waals surface area contributed by atoms with Crippen LogP contribution in [-0.4, -0.2) is 16.0 Å². The summed E-state index contributed by atoms with van der Waals surface area (Å²) in [5, 5.41) is 26.8. The maximum absolute atomic E-state index is 11.0. The number of carbonyl (C=O) groups excluding carboxylic acids is 1. The van der Waals surface area contributed by atoms with Crippen LogP contribution in [0.2, 0.25) is 0 Å². The fraction of sp³-hybridized carbons (Fsp3) is 0.111. The molecule has 0 saturated carbocycles. The van der Waals surface area contributed by atoms with Crippen molar-refractivity contribution >= 4 is 5.78 Å². The van der Waals surface area contributed by atoms with Gasteiger partial charge in [-0.3, -0.25) is 4.79 Å². The van der Waals surface area contributed by atoms with E-state index < -0.39 is 5.78 Å². The Morgan fingerprint density at radius 2 is 2.08 bits per heavy atom. The quantitative estimate of drug-likeness (QED) is 0.631. The second-order valence-corrected chi connectivity index (χ2v) is 2.56. The standard InChI is InChI=1S/C9H7NO3/c1-5(11)9-6(4-10)2-7(12)3-8(9)13/h2-3,12-13H,1H3. The van der Waals surface area contributed by atoms with E-state index in [2.05, 4.69) is 0 Å². The van der Waals surface area contributed by atoms with Gasteiger partial charge in [-0.1, -0.05) is 0 Å². The fourth-order valence-corrected chi connectivity index (χ4v) is 1.07. The summed E-state index contributed by atoms with van der Waals surface area (Å²) in [7, 11) is 0. The number of carbonyl (C=O) groups is 1. The molecule has 4 nitrogen and oxygen atoms in total. The lowest BCUT2D eigenvalue weighted by atomic mass is 10.0. The first-order chi connectivity index (χ1) is 6.06. The normalized spacial score (nSPS) is 9.23. The highest BCUT2D eigenvalue weighted by atomic mass is 16.3. The lowest BCUT2D eigenvalue weighted by Crippen LogP contribution is -1.97. The zero-order chi connectivity index (χ0) is 10.0. The molecule has 0 saturated heterocycles. The number of phenols is 2. The molecule has 4 heteroatoms. The van der Waals surface area contributed by atoms with Crippen LogP contribution in [0.4, 0.5) is 0 Å². The largest absolute Gasteiger partial charge is 0.508 e. The smallest absolute Gasteiger partial charge is 0.164 e. The van der Waals surface area contributed by atoms with Gasteiger partial charge in [0, 0.05) is 6.07 Å². The van der Waals surface area contributed by atoms with E-state index in [0.29, 0.717) is 0 Å². The van der Waals surface area contributed by atoms with Crippen molar-refractivity contribution in [2.45, 2.75) is 6.92 Å². The highest BCUT2D eigenvalue weighted by Gasteiger charge is 2.13. The van der Waals surface area contributed by atoms with Crippen LogP contribution in [0.1, 0.15) is 22.8 Å². The maximum Gasteiger partial charge on any atom is 0.164 e. The van der Waals surface area contributed by atoms with Crippen LogP contribution in [0.15, 0.2) is 12.1 Å². The van der Waals surface area contributed by atoms with Crippen LogP contribution in [0.3, 0.4) is 0 Å². The van der Waals surface area contributed by atoms with Crippen molar-refractivity contribution in [3.63, 3.8) is 0 Å². The Balaban J connectivity index is 3.50. The van der Waals surface area contributed by atoms with Crippen molar-refractivity contribution in [2.24, 2.45) is 0 Å². The molecule has 0 unspecified atom stereocenters. The summed E-state index contributed by atoms with van der Waals surface area (Å²) in [6, 6.07) is 3.88. The molecule has 2 N–H and O–H groups in total. The maximum atomic E-state index is 11.0. The first-order valence-corrected chi connectivity index (χ1v) is 3.53. The highest BCUT2D eigenvalue weighted by Crippen LogP contribution is 2.26. The molecule has 1 aromatic rings. The van der Waals surface area contributed by atoms with E-state index in [1.165, 1.54) is 6.92 Å². The molecule has 0 spiro atoms. The third kappa shape index (κ3) is 1.59. The molecular weight excluding hydrogens is 170 g/mol. The number of benzene rings is 1. The number of Topliss-reactive ketones (excluding diaryl/α,β-unsaturated/α-hetero) is 1. The molecule has 0 atom stereocenters. The van der Waals surface area contributed by atoms with Crippen LogP contribution >= 0.6 is 0 Å². The minimum atomic E-state index is -0.408. The van der Waals surface area contributed by atoms with Crippen molar-refractivity contribution in [1.82, 2.24) is 0 Å². The van der Waals surface area contributed by atoms with Crippen molar-refractivity contribution in [3.05, 3.63) is 23.3 Å². The Morgan fingerprint density at radius 3 is 2.54 bits per heavy atom. The molecule has 0 bridgehead atoms. The molecule has 0 aromatic heterocycles. The van der Waals surface area contributed by atoms with Crippen LogP contribution in [0.5, 0.6) is 11.5 Å². The van der Waals surface area contributed by atoms with Crippen LogP contribution in [-0.2, 0) is 0 Å². The van der Waals surface area contributed by atoms with Gasteiger partial charge in [0.25, 0.3) is 0 Å². The summed E-state index contributed by atoms with van der Waals surface area (Å²) in [6.07, 6.45) is 0. The first-order valence-electron chi connectivity index (χ1n) is 3.53. The Labute approximate surface area is 74.7 Å². The second-order valence-electron chi connectivity index (χ2n) is 2.56. The Hall–Kier alpha value is -2.02. The van der Waals surface area contributed by atoms with E-state index in [4.69, 9.17) is 10.4 Å².